The largest absolute Gasteiger partial charge is 0.497 e. The van der Waals surface area contributed by atoms with E-state index in [1.165, 1.54) is 11.8 Å². The van der Waals surface area contributed by atoms with Crippen LogP contribution in [0.25, 0.3) is 11.8 Å². The molecule has 7 nitrogen and oxygen atoms in total. The fraction of sp³-hybridized carbons (Fsp3) is 0.143. The first-order valence-corrected chi connectivity index (χ1v) is 12.2. The minimum atomic E-state index is -0.112. The van der Waals surface area contributed by atoms with Gasteiger partial charge in [-0.25, -0.2) is 4.99 Å². The quantitative estimate of drug-likeness (QED) is 0.283. The second kappa shape index (κ2) is 10.2. The Morgan fingerprint density at radius 3 is 2.33 bits per heavy atom. The van der Waals surface area contributed by atoms with E-state index in [1.807, 2.05) is 79.9 Å². The number of aromatic nitrogens is 1. The summed E-state index contributed by atoms with van der Waals surface area (Å²) in [6, 6.07) is 21.0. The minimum Gasteiger partial charge on any atom is -0.497 e. The summed E-state index contributed by atoms with van der Waals surface area (Å²) in [6.45, 7) is 2.34. The highest BCUT2D eigenvalue weighted by atomic mass is 32.2. The van der Waals surface area contributed by atoms with Crippen molar-refractivity contribution in [1.82, 2.24) is 9.47 Å². The number of rotatable bonds is 7. The maximum absolute atomic E-state index is 13.4. The molecule has 1 fully saturated rings. The van der Waals surface area contributed by atoms with Gasteiger partial charge in [-0.15, -0.1) is 0 Å². The number of carbonyl (C=O) groups excluding carboxylic acids is 1. The zero-order chi connectivity index (χ0) is 25.1. The number of thioether (sulfide) groups is 1. The summed E-state index contributed by atoms with van der Waals surface area (Å²) in [5.74, 6) is 2.13. The van der Waals surface area contributed by atoms with Crippen LogP contribution in [0.1, 0.15) is 17.0 Å². The van der Waals surface area contributed by atoms with Gasteiger partial charge in [0.25, 0.3) is 5.91 Å². The summed E-state index contributed by atoms with van der Waals surface area (Å²) in [6.07, 6.45) is 5.53. The molecule has 1 saturated heterocycles. The summed E-state index contributed by atoms with van der Waals surface area (Å²) in [7, 11) is 3.27. The van der Waals surface area contributed by atoms with Gasteiger partial charge < -0.3 is 18.5 Å². The smallest absolute Gasteiger partial charge is 0.267 e. The maximum Gasteiger partial charge on any atom is 0.267 e. The van der Waals surface area contributed by atoms with Crippen LogP contribution in [-0.2, 0) is 11.3 Å². The number of amides is 1. The lowest BCUT2D eigenvalue weighted by atomic mass is 10.2. The molecule has 182 valence electrons. The van der Waals surface area contributed by atoms with E-state index in [2.05, 4.69) is 10.6 Å². The monoisotopic (exact) mass is 499 g/mol. The Morgan fingerprint density at radius 1 is 1.00 bits per heavy atom. The second-order valence-electron chi connectivity index (χ2n) is 8.16. The minimum absolute atomic E-state index is 0.112. The number of hydrogen-bond donors (Lipinski definition) is 0. The number of methoxy groups -OCH3 is 2. The van der Waals surface area contributed by atoms with Crippen molar-refractivity contribution in [2.75, 3.05) is 14.2 Å². The fourth-order valence-electron chi connectivity index (χ4n) is 3.91. The van der Waals surface area contributed by atoms with E-state index in [4.69, 9.17) is 18.9 Å². The molecule has 0 N–H and O–H groups in total. The zero-order valence-electron chi connectivity index (χ0n) is 20.2. The number of furan rings is 1. The third kappa shape index (κ3) is 4.94. The Hall–Kier alpha value is -4.17. The van der Waals surface area contributed by atoms with Crippen molar-refractivity contribution >= 4 is 34.6 Å². The highest BCUT2D eigenvalue weighted by Crippen LogP contribution is 2.36. The number of amidine groups is 1. The van der Waals surface area contributed by atoms with Crippen LogP contribution in [0.3, 0.4) is 0 Å². The van der Waals surface area contributed by atoms with E-state index < -0.39 is 0 Å². The third-order valence-electron chi connectivity index (χ3n) is 5.76. The Morgan fingerprint density at radius 2 is 1.69 bits per heavy atom. The SMILES string of the molecule is COc1ccc(N=C2S/C(=C/c3cc(C)n(-c4ccc(OC)cc4)c3)C(=O)N2Cc2ccco2)cc1. The molecule has 2 aromatic heterocycles. The molecule has 0 aliphatic carbocycles. The molecule has 4 aromatic rings. The molecule has 3 heterocycles. The molecule has 1 aliphatic rings. The van der Waals surface area contributed by atoms with Gasteiger partial charge in [-0.05, 0) is 97.1 Å². The van der Waals surface area contributed by atoms with E-state index in [9.17, 15) is 4.79 Å². The summed E-state index contributed by atoms with van der Waals surface area (Å²) >= 11 is 1.35. The normalized spacial score (nSPS) is 15.8. The highest BCUT2D eigenvalue weighted by molar-refractivity contribution is 8.18. The molecule has 0 spiro atoms. The molecular formula is C28H25N3O4S. The van der Waals surface area contributed by atoms with Crippen molar-refractivity contribution in [2.45, 2.75) is 13.5 Å². The first-order valence-electron chi connectivity index (χ1n) is 11.3. The Kier molecular flexibility index (Phi) is 6.69. The Bertz CT molecular complexity index is 1420. The van der Waals surface area contributed by atoms with Crippen molar-refractivity contribution in [3.8, 4) is 17.2 Å². The zero-order valence-corrected chi connectivity index (χ0v) is 21.0. The van der Waals surface area contributed by atoms with Gasteiger partial charge in [-0.3, -0.25) is 9.69 Å². The first-order chi connectivity index (χ1) is 17.5. The van der Waals surface area contributed by atoms with Gasteiger partial charge in [-0.2, -0.15) is 0 Å². The van der Waals surface area contributed by atoms with E-state index in [-0.39, 0.29) is 5.91 Å². The molecule has 8 heteroatoms. The lowest BCUT2D eigenvalue weighted by molar-refractivity contribution is -0.122. The molecule has 1 aliphatic heterocycles. The number of carbonyl (C=O) groups is 1. The van der Waals surface area contributed by atoms with Crippen LogP contribution in [0.15, 0.2) is 93.5 Å². The summed E-state index contributed by atoms with van der Waals surface area (Å²) in [5.41, 5.74) is 3.74. The van der Waals surface area contributed by atoms with Crippen LogP contribution >= 0.6 is 11.8 Å². The van der Waals surface area contributed by atoms with Crippen molar-refractivity contribution in [3.05, 3.63) is 101 Å². The number of benzene rings is 2. The van der Waals surface area contributed by atoms with Gasteiger partial charge in [0.15, 0.2) is 5.17 Å². The Balaban J connectivity index is 1.46. The van der Waals surface area contributed by atoms with Gasteiger partial charge in [0.2, 0.25) is 0 Å². The average molecular weight is 500 g/mol. The van der Waals surface area contributed by atoms with Gasteiger partial charge in [0, 0.05) is 17.6 Å². The lowest BCUT2D eigenvalue weighted by Gasteiger charge is -2.13. The van der Waals surface area contributed by atoms with E-state index in [0.717, 1.165) is 34.1 Å². The first kappa shape index (κ1) is 23.6. The molecular weight excluding hydrogens is 474 g/mol. The number of hydrogen-bond acceptors (Lipinski definition) is 6. The predicted octanol–water partition coefficient (Wildman–Crippen LogP) is 6.20. The van der Waals surface area contributed by atoms with Gasteiger partial charge in [0.05, 0.1) is 37.6 Å². The van der Waals surface area contributed by atoms with Crippen molar-refractivity contribution in [1.29, 1.82) is 0 Å². The standard InChI is InChI=1S/C28H25N3O4S/c1-19-15-20(17-30(19)22-8-12-24(34-3)13-9-22)16-26-27(32)31(18-25-5-4-14-35-25)28(36-26)29-21-6-10-23(33-2)11-7-21/h4-17H,18H2,1-3H3/b26-16+,29-28?. The second-order valence-corrected chi connectivity index (χ2v) is 9.17. The molecule has 2 aromatic carbocycles. The molecule has 0 unspecified atom stereocenters. The van der Waals surface area contributed by atoms with E-state index >= 15 is 0 Å². The van der Waals surface area contributed by atoms with Crippen LogP contribution in [0, 0.1) is 6.92 Å². The summed E-state index contributed by atoms with van der Waals surface area (Å²) < 4.78 is 18.1. The number of ether oxygens (including phenoxy) is 2. The van der Waals surface area contributed by atoms with Crippen molar-refractivity contribution in [2.24, 2.45) is 4.99 Å². The maximum atomic E-state index is 13.4. The predicted molar refractivity (Wildman–Crippen MR) is 142 cm³/mol. The van der Waals surface area contributed by atoms with E-state index in [0.29, 0.717) is 22.4 Å². The highest BCUT2D eigenvalue weighted by Gasteiger charge is 2.34. The lowest BCUT2D eigenvalue weighted by Crippen LogP contribution is -2.28. The molecule has 0 atom stereocenters. The van der Waals surface area contributed by atoms with Crippen molar-refractivity contribution < 1.29 is 18.7 Å². The van der Waals surface area contributed by atoms with Crippen LogP contribution in [-0.4, -0.2) is 34.8 Å². The number of aliphatic imine (C=N–C) groups is 1. The summed E-state index contributed by atoms with van der Waals surface area (Å²) in [5, 5.41) is 0.596. The molecule has 0 radical (unpaired) electrons. The molecule has 1 amide bonds. The van der Waals surface area contributed by atoms with Gasteiger partial charge in [-0.1, -0.05) is 0 Å². The summed E-state index contributed by atoms with van der Waals surface area (Å²) in [4.78, 5) is 20.4. The number of nitrogens with zero attached hydrogens (tertiary/aromatic N) is 3. The van der Waals surface area contributed by atoms with Crippen LogP contribution < -0.4 is 9.47 Å². The van der Waals surface area contributed by atoms with Gasteiger partial charge in [0.1, 0.15) is 17.3 Å². The fourth-order valence-corrected chi connectivity index (χ4v) is 4.90. The Labute approximate surface area is 213 Å². The topological polar surface area (TPSA) is 69.2 Å². The molecule has 0 bridgehead atoms. The average Bonchev–Trinajstić information content (AvgIpc) is 3.62. The molecule has 5 rings (SSSR count). The van der Waals surface area contributed by atoms with Gasteiger partial charge >= 0.3 is 0 Å². The third-order valence-corrected chi connectivity index (χ3v) is 6.77. The van der Waals surface area contributed by atoms with Crippen LogP contribution in [0.2, 0.25) is 0 Å². The molecule has 0 saturated carbocycles. The molecule has 36 heavy (non-hydrogen) atoms. The van der Waals surface area contributed by atoms with Crippen LogP contribution in [0.4, 0.5) is 5.69 Å². The van der Waals surface area contributed by atoms with Crippen LogP contribution in [0.5, 0.6) is 11.5 Å². The van der Waals surface area contributed by atoms with Crippen molar-refractivity contribution in [3.63, 3.8) is 0 Å². The number of aryl methyl sites for hydroxylation is 1. The van der Waals surface area contributed by atoms with E-state index in [1.54, 1.807) is 25.4 Å².